The number of aromatic nitrogens is 2. The number of rotatable bonds is 3. The third kappa shape index (κ3) is 2.84. The van der Waals surface area contributed by atoms with Crippen molar-refractivity contribution in [1.82, 2.24) is 19.8 Å². The van der Waals surface area contributed by atoms with Gasteiger partial charge in [-0.2, -0.15) is 0 Å². The van der Waals surface area contributed by atoms with Gasteiger partial charge in [0.1, 0.15) is 5.82 Å². The predicted molar refractivity (Wildman–Crippen MR) is 76.9 cm³/mol. The molecule has 0 aromatic carbocycles. The van der Waals surface area contributed by atoms with Crippen molar-refractivity contribution >= 4 is 0 Å². The minimum atomic E-state index is 0.706. The van der Waals surface area contributed by atoms with E-state index in [0.29, 0.717) is 6.04 Å². The Hall–Kier alpha value is -0.870. The smallest absolute Gasteiger partial charge is 0.122 e. The molecule has 1 aliphatic carbocycles. The molecule has 19 heavy (non-hydrogen) atoms. The third-order valence-corrected chi connectivity index (χ3v) is 4.93. The van der Waals surface area contributed by atoms with E-state index in [2.05, 4.69) is 39.9 Å². The molecule has 106 valence electrons. The molecule has 0 amide bonds. The standard InChI is InChI=1S/C15H26N4/c1-12-3-4-14(16-2)13(9-12)10-18-7-8-19-6-5-17-15(19)11-18/h5-6,12-14,16H,3-4,7-11H2,1-2H3. The Balaban J connectivity index is 1.61. The topological polar surface area (TPSA) is 33.1 Å². The highest BCUT2D eigenvalue weighted by molar-refractivity contribution is 4.96. The van der Waals surface area contributed by atoms with Crippen molar-refractivity contribution in [2.45, 2.75) is 45.3 Å². The average molecular weight is 262 g/mol. The van der Waals surface area contributed by atoms with E-state index in [4.69, 9.17) is 0 Å². The second-order valence-electron chi connectivity index (χ2n) is 6.35. The fourth-order valence-electron chi connectivity index (χ4n) is 3.79. The van der Waals surface area contributed by atoms with Crippen molar-refractivity contribution in [1.29, 1.82) is 0 Å². The van der Waals surface area contributed by atoms with Gasteiger partial charge in [-0.1, -0.05) is 6.92 Å². The van der Waals surface area contributed by atoms with E-state index in [1.807, 2.05) is 6.20 Å². The van der Waals surface area contributed by atoms with Gasteiger partial charge in [0.2, 0.25) is 0 Å². The molecular formula is C15H26N4. The first-order valence-corrected chi connectivity index (χ1v) is 7.66. The zero-order chi connectivity index (χ0) is 13.2. The van der Waals surface area contributed by atoms with Gasteiger partial charge in [-0.3, -0.25) is 4.90 Å². The largest absolute Gasteiger partial charge is 0.333 e. The summed E-state index contributed by atoms with van der Waals surface area (Å²) in [7, 11) is 2.12. The Bertz CT molecular complexity index is 414. The van der Waals surface area contributed by atoms with Crippen molar-refractivity contribution in [2.24, 2.45) is 11.8 Å². The first-order valence-electron chi connectivity index (χ1n) is 7.66. The maximum absolute atomic E-state index is 4.46. The minimum absolute atomic E-state index is 0.706. The molecule has 1 aliphatic heterocycles. The molecule has 4 heteroatoms. The van der Waals surface area contributed by atoms with E-state index in [-0.39, 0.29) is 0 Å². The lowest BCUT2D eigenvalue weighted by molar-refractivity contribution is 0.127. The zero-order valence-corrected chi connectivity index (χ0v) is 12.2. The Morgan fingerprint density at radius 2 is 2.26 bits per heavy atom. The van der Waals surface area contributed by atoms with Crippen LogP contribution >= 0.6 is 0 Å². The van der Waals surface area contributed by atoms with Crippen molar-refractivity contribution < 1.29 is 0 Å². The van der Waals surface area contributed by atoms with Crippen LogP contribution in [0.5, 0.6) is 0 Å². The van der Waals surface area contributed by atoms with Crippen LogP contribution < -0.4 is 5.32 Å². The van der Waals surface area contributed by atoms with Crippen LogP contribution in [0.1, 0.15) is 32.0 Å². The van der Waals surface area contributed by atoms with Crippen molar-refractivity contribution in [3.63, 3.8) is 0 Å². The fraction of sp³-hybridized carbons (Fsp3) is 0.800. The van der Waals surface area contributed by atoms with Gasteiger partial charge in [-0.25, -0.2) is 4.98 Å². The van der Waals surface area contributed by atoms with Crippen LogP contribution in [-0.2, 0) is 13.1 Å². The summed E-state index contributed by atoms with van der Waals surface area (Å²) < 4.78 is 2.29. The number of imidazole rings is 1. The Morgan fingerprint density at radius 1 is 1.37 bits per heavy atom. The molecule has 1 fully saturated rings. The molecule has 2 heterocycles. The Kier molecular flexibility index (Phi) is 3.89. The lowest BCUT2D eigenvalue weighted by Crippen LogP contribution is -2.46. The minimum Gasteiger partial charge on any atom is -0.333 e. The molecule has 0 saturated heterocycles. The van der Waals surface area contributed by atoms with Gasteiger partial charge in [0, 0.05) is 38.1 Å². The number of hydrogen-bond donors (Lipinski definition) is 1. The first-order chi connectivity index (χ1) is 9.26. The summed E-state index contributed by atoms with van der Waals surface area (Å²) >= 11 is 0. The van der Waals surface area contributed by atoms with Crippen molar-refractivity contribution in [2.75, 3.05) is 20.1 Å². The van der Waals surface area contributed by atoms with E-state index < -0.39 is 0 Å². The van der Waals surface area contributed by atoms with Crippen LogP contribution in [0.25, 0.3) is 0 Å². The first kappa shape index (κ1) is 13.1. The Labute approximate surface area is 116 Å². The number of nitrogens with one attached hydrogen (secondary N) is 1. The highest BCUT2D eigenvalue weighted by Gasteiger charge is 2.30. The average Bonchev–Trinajstić information content (AvgIpc) is 2.86. The number of fused-ring (bicyclic) bond motifs is 1. The maximum atomic E-state index is 4.46. The second kappa shape index (κ2) is 5.63. The molecule has 0 bridgehead atoms. The molecule has 2 aliphatic rings. The Morgan fingerprint density at radius 3 is 3.11 bits per heavy atom. The van der Waals surface area contributed by atoms with Gasteiger partial charge in [0.15, 0.2) is 0 Å². The summed E-state index contributed by atoms with van der Waals surface area (Å²) in [6.45, 7) is 6.92. The summed E-state index contributed by atoms with van der Waals surface area (Å²) in [5, 5.41) is 3.53. The summed E-state index contributed by atoms with van der Waals surface area (Å²) in [5.41, 5.74) is 0. The molecule has 0 spiro atoms. The third-order valence-electron chi connectivity index (χ3n) is 4.93. The number of hydrogen-bond acceptors (Lipinski definition) is 3. The summed E-state index contributed by atoms with van der Waals surface area (Å²) in [6, 6.07) is 0.706. The quantitative estimate of drug-likeness (QED) is 0.900. The van der Waals surface area contributed by atoms with Gasteiger partial charge in [-0.05, 0) is 38.1 Å². The zero-order valence-electron chi connectivity index (χ0n) is 12.2. The molecule has 1 aromatic heterocycles. The van der Waals surface area contributed by atoms with E-state index >= 15 is 0 Å². The molecule has 0 radical (unpaired) electrons. The van der Waals surface area contributed by atoms with Crippen molar-refractivity contribution in [3.8, 4) is 0 Å². The molecule has 1 saturated carbocycles. The lowest BCUT2D eigenvalue weighted by atomic mass is 9.78. The highest BCUT2D eigenvalue weighted by Crippen LogP contribution is 2.30. The number of nitrogens with zero attached hydrogens (tertiary/aromatic N) is 3. The van der Waals surface area contributed by atoms with Gasteiger partial charge in [0.25, 0.3) is 0 Å². The van der Waals surface area contributed by atoms with E-state index in [1.54, 1.807) is 0 Å². The van der Waals surface area contributed by atoms with Gasteiger partial charge in [0.05, 0.1) is 6.54 Å². The molecule has 3 atom stereocenters. The van der Waals surface area contributed by atoms with E-state index in [9.17, 15) is 0 Å². The van der Waals surface area contributed by atoms with Crippen LogP contribution in [-0.4, -0.2) is 40.6 Å². The van der Waals surface area contributed by atoms with Gasteiger partial charge in [-0.15, -0.1) is 0 Å². The summed E-state index contributed by atoms with van der Waals surface area (Å²) in [4.78, 5) is 7.05. The highest BCUT2D eigenvalue weighted by atomic mass is 15.2. The summed E-state index contributed by atoms with van der Waals surface area (Å²) in [5.74, 6) is 2.92. The molecule has 1 aromatic rings. The molecule has 3 unspecified atom stereocenters. The van der Waals surface area contributed by atoms with Gasteiger partial charge >= 0.3 is 0 Å². The normalized spacial score (nSPS) is 32.2. The van der Waals surface area contributed by atoms with Crippen LogP contribution in [0.3, 0.4) is 0 Å². The monoisotopic (exact) mass is 262 g/mol. The van der Waals surface area contributed by atoms with E-state index in [0.717, 1.165) is 24.9 Å². The maximum Gasteiger partial charge on any atom is 0.122 e. The molecule has 1 N–H and O–H groups in total. The van der Waals surface area contributed by atoms with Crippen LogP contribution in [0, 0.1) is 11.8 Å². The fourth-order valence-corrected chi connectivity index (χ4v) is 3.79. The SMILES string of the molecule is CNC1CCC(C)CC1CN1CCn2ccnc2C1. The molecule has 3 rings (SSSR count). The van der Waals surface area contributed by atoms with Crippen molar-refractivity contribution in [3.05, 3.63) is 18.2 Å². The van der Waals surface area contributed by atoms with Crippen LogP contribution in [0.2, 0.25) is 0 Å². The molecular weight excluding hydrogens is 236 g/mol. The summed E-state index contributed by atoms with van der Waals surface area (Å²) in [6.07, 6.45) is 8.12. The second-order valence-corrected chi connectivity index (χ2v) is 6.35. The predicted octanol–water partition coefficient (Wildman–Crippen LogP) is 1.72. The van der Waals surface area contributed by atoms with Crippen LogP contribution in [0.4, 0.5) is 0 Å². The van der Waals surface area contributed by atoms with Crippen LogP contribution in [0.15, 0.2) is 12.4 Å². The molecule has 4 nitrogen and oxygen atoms in total. The van der Waals surface area contributed by atoms with E-state index in [1.165, 1.54) is 38.2 Å². The lowest BCUT2D eigenvalue weighted by Gasteiger charge is -2.39. The van der Waals surface area contributed by atoms with Gasteiger partial charge < -0.3 is 9.88 Å².